The monoisotopic (exact) mass is 267 g/mol. The minimum absolute atomic E-state index is 0.975. The molecule has 0 bridgehead atoms. The SMILES string of the molecule is CC1CCCCCCCCNCCCCCCCC1. The molecule has 114 valence electrons. The van der Waals surface area contributed by atoms with Crippen LogP contribution in [0.15, 0.2) is 0 Å². The summed E-state index contributed by atoms with van der Waals surface area (Å²) in [6, 6.07) is 0. The van der Waals surface area contributed by atoms with E-state index in [4.69, 9.17) is 0 Å². The first kappa shape index (κ1) is 17.0. The van der Waals surface area contributed by atoms with Crippen LogP contribution in [0.25, 0.3) is 0 Å². The van der Waals surface area contributed by atoms with Gasteiger partial charge in [0.2, 0.25) is 0 Å². The summed E-state index contributed by atoms with van der Waals surface area (Å²) in [5.74, 6) is 0.975. The molecule has 0 unspecified atom stereocenters. The average molecular weight is 268 g/mol. The normalized spacial score (nSPS) is 24.5. The van der Waals surface area contributed by atoms with Gasteiger partial charge in [-0.3, -0.25) is 0 Å². The van der Waals surface area contributed by atoms with E-state index in [2.05, 4.69) is 12.2 Å². The topological polar surface area (TPSA) is 12.0 Å². The summed E-state index contributed by atoms with van der Waals surface area (Å²) >= 11 is 0. The molecule has 0 atom stereocenters. The molecule has 0 amide bonds. The molecule has 19 heavy (non-hydrogen) atoms. The Morgan fingerprint density at radius 3 is 1.37 bits per heavy atom. The fourth-order valence-electron chi connectivity index (χ4n) is 3.17. The molecule has 1 aliphatic heterocycles. The molecule has 0 radical (unpaired) electrons. The highest BCUT2D eigenvalue weighted by Gasteiger charge is 2.02. The highest BCUT2D eigenvalue weighted by molar-refractivity contribution is 4.57. The molecular weight excluding hydrogens is 230 g/mol. The molecule has 1 heterocycles. The van der Waals surface area contributed by atoms with E-state index in [9.17, 15) is 0 Å². The third-order valence-electron chi connectivity index (χ3n) is 4.60. The second-order valence-corrected chi connectivity index (χ2v) is 6.68. The predicted octanol–water partition coefficient (Wildman–Crippen LogP) is 5.69. The van der Waals surface area contributed by atoms with Crippen LogP contribution in [0.5, 0.6) is 0 Å². The summed E-state index contributed by atoms with van der Waals surface area (Å²) in [5.41, 5.74) is 0. The number of hydrogen-bond acceptors (Lipinski definition) is 1. The van der Waals surface area contributed by atoms with Gasteiger partial charge in [-0.2, -0.15) is 0 Å². The predicted molar refractivity (Wildman–Crippen MR) is 86.7 cm³/mol. The zero-order valence-electron chi connectivity index (χ0n) is 13.4. The summed E-state index contributed by atoms with van der Waals surface area (Å²) in [7, 11) is 0. The number of hydrogen-bond donors (Lipinski definition) is 1. The lowest BCUT2D eigenvalue weighted by Gasteiger charge is -2.11. The molecule has 0 aliphatic carbocycles. The van der Waals surface area contributed by atoms with Crippen LogP contribution in [0.2, 0.25) is 0 Å². The minimum atomic E-state index is 0.975. The van der Waals surface area contributed by atoms with Crippen molar-refractivity contribution in [3.8, 4) is 0 Å². The Morgan fingerprint density at radius 2 is 0.895 bits per heavy atom. The smallest absolute Gasteiger partial charge is 0.00489 e. The van der Waals surface area contributed by atoms with E-state index in [1.165, 1.54) is 103 Å². The Kier molecular flexibility index (Phi) is 11.6. The summed E-state index contributed by atoms with van der Waals surface area (Å²) in [6.07, 6.45) is 20.3. The van der Waals surface area contributed by atoms with E-state index in [1.54, 1.807) is 0 Å². The molecule has 1 saturated heterocycles. The molecule has 0 spiro atoms. The van der Waals surface area contributed by atoms with E-state index in [0.717, 1.165) is 5.92 Å². The van der Waals surface area contributed by atoms with Crippen molar-refractivity contribution >= 4 is 0 Å². The minimum Gasteiger partial charge on any atom is -0.317 e. The van der Waals surface area contributed by atoms with Crippen LogP contribution in [0.4, 0.5) is 0 Å². The Balaban J connectivity index is 2.08. The van der Waals surface area contributed by atoms with Crippen LogP contribution in [0.1, 0.15) is 96.8 Å². The Morgan fingerprint density at radius 1 is 0.526 bits per heavy atom. The lowest BCUT2D eigenvalue weighted by Crippen LogP contribution is -2.16. The molecule has 1 rings (SSSR count). The van der Waals surface area contributed by atoms with E-state index in [-0.39, 0.29) is 0 Å². The van der Waals surface area contributed by atoms with Gasteiger partial charge < -0.3 is 5.32 Å². The van der Waals surface area contributed by atoms with Crippen LogP contribution in [0.3, 0.4) is 0 Å². The van der Waals surface area contributed by atoms with E-state index >= 15 is 0 Å². The maximum atomic E-state index is 3.60. The molecular formula is C18H37N. The molecule has 1 heteroatoms. The van der Waals surface area contributed by atoms with E-state index < -0.39 is 0 Å². The van der Waals surface area contributed by atoms with E-state index in [0.29, 0.717) is 0 Å². The van der Waals surface area contributed by atoms with Crippen molar-refractivity contribution in [1.82, 2.24) is 5.32 Å². The van der Waals surface area contributed by atoms with Crippen molar-refractivity contribution in [2.45, 2.75) is 96.8 Å². The lowest BCUT2D eigenvalue weighted by molar-refractivity contribution is 0.428. The standard InChI is InChI=1S/C18H37N/c1-18-14-10-6-2-4-8-12-16-19-17-13-9-5-3-7-11-15-18/h18-19H,2-17H2,1H3. The summed E-state index contributed by atoms with van der Waals surface area (Å²) < 4.78 is 0. The first-order valence-corrected chi connectivity index (χ1v) is 9.10. The van der Waals surface area contributed by atoms with Crippen molar-refractivity contribution < 1.29 is 0 Å². The van der Waals surface area contributed by atoms with Gasteiger partial charge in [0.15, 0.2) is 0 Å². The first-order valence-electron chi connectivity index (χ1n) is 9.10. The fourth-order valence-corrected chi connectivity index (χ4v) is 3.17. The van der Waals surface area contributed by atoms with Crippen molar-refractivity contribution in [1.29, 1.82) is 0 Å². The highest BCUT2D eigenvalue weighted by atomic mass is 14.8. The third kappa shape index (κ3) is 11.5. The molecule has 0 aromatic rings. The van der Waals surface area contributed by atoms with Gasteiger partial charge in [0, 0.05) is 0 Å². The largest absolute Gasteiger partial charge is 0.317 e. The van der Waals surface area contributed by atoms with Gasteiger partial charge in [-0.25, -0.2) is 0 Å². The second-order valence-electron chi connectivity index (χ2n) is 6.68. The molecule has 1 fully saturated rings. The molecule has 1 nitrogen and oxygen atoms in total. The molecule has 1 aliphatic rings. The summed E-state index contributed by atoms with van der Waals surface area (Å²) in [6.45, 7) is 4.96. The van der Waals surface area contributed by atoms with Gasteiger partial charge >= 0.3 is 0 Å². The summed E-state index contributed by atoms with van der Waals surface area (Å²) in [4.78, 5) is 0. The first-order chi connectivity index (χ1) is 9.39. The van der Waals surface area contributed by atoms with Crippen molar-refractivity contribution in [3.63, 3.8) is 0 Å². The molecule has 0 saturated carbocycles. The van der Waals surface area contributed by atoms with Gasteiger partial charge in [0.1, 0.15) is 0 Å². The Bertz CT molecular complexity index is 161. The zero-order valence-corrected chi connectivity index (χ0v) is 13.4. The second kappa shape index (κ2) is 13.0. The molecule has 1 N–H and O–H groups in total. The van der Waals surface area contributed by atoms with Gasteiger partial charge in [-0.15, -0.1) is 0 Å². The van der Waals surface area contributed by atoms with Crippen molar-refractivity contribution in [2.24, 2.45) is 5.92 Å². The Labute approximate surface area is 121 Å². The van der Waals surface area contributed by atoms with Gasteiger partial charge in [0.25, 0.3) is 0 Å². The van der Waals surface area contributed by atoms with Gasteiger partial charge in [-0.1, -0.05) is 84.0 Å². The Hall–Kier alpha value is -0.0400. The number of nitrogens with one attached hydrogen (secondary N) is 1. The molecule has 0 aromatic heterocycles. The quantitative estimate of drug-likeness (QED) is 0.595. The average Bonchev–Trinajstić information content (AvgIpc) is 2.41. The lowest BCUT2D eigenvalue weighted by atomic mass is 9.96. The van der Waals surface area contributed by atoms with Crippen LogP contribution in [0, 0.1) is 5.92 Å². The number of rotatable bonds is 0. The molecule has 0 aromatic carbocycles. The van der Waals surface area contributed by atoms with Crippen LogP contribution in [-0.4, -0.2) is 13.1 Å². The summed E-state index contributed by atoms with van der Waals surface area (Å²) in [5, 5.41) is 3.60. The van der Waals surface area contributed by atoms with Crippen molar-refractivity contribution in [2.75, 3.05) is 13.1 Å². The van der Waals surface area contributed by atoms with Crippen molar-refractivity contribution in [3.05, 3.63) is 0 Å². The van der Waals surface area contributed by atoms with Crippen LogP contribution in [-0.2, 0) is 0 Å². The zero-order chi connectivity index (χ0) is 13.6. The van der Waals surface area contributed by atoms with Crippen LogP contribution >= 0.6 is 0 Å². The highest BCUT2D eigenvalue weighted by Crippen LogP contribution is 2.18. The van der Waals surface area contributed by atoms with Gasteiger partial charge in [-0.05, 0) is 31.8 Å². The van der Waals surface area contributed by atoms with E-state index in [1.807, 2.05) is 0 Å². The maximum absolute atomic E-state index is 3.60. The maximum Gasteiger partial charge on any atom is -0.00489 e. The van der Waals surface area contributed by atoms with Gasteiger partial charge in [0.05, 0.1) is 0 Å². The van der Waals surface area contributed by atoms with Crippen LogP contribution < -0.4 is 5.32 Å². The third-order valence-corrected chi connectivity index (χ3v) is 4.60. The fraction of sp³-hybridized carbons (Fsp3) is 1.00.